The van der Waals surface area contributed by atoms with Crippen molar-refractivity contribution in [1.82, 2.24) is 20.6 Å². The van der Waals surface area contributed by atoms with Gasteiger partial charge in [-0.15, -0.1) is 24.0 Å². The van der Waals surface area contributed by atoms with E-state index in [4.69, 9.17) is 4.42 Å². The number of halogens is 2. The van der Waals surface area contributed by atoms with Crippen LogP contribution in [0.1, 0.15) is 45.8 Å². The topological polar surface area (TPSA) is 78.6 Å². The van der Waals surface area contributed by atoms with Crippen LogP contribution in [-0.2, 0) is 12.0 Å². The van der Waals surface area contributed by atoms with Crippen LogP contribution < -0.4 is 15.5 Å². The van der Waals surface area contributed by atoms with Gasteiger partial charge in [-0.3, -0.25) is 0 Å². The molecule has 29 heavy (non-hydrogen) atoms. The zero-order valence-electron chi connectivity index (χ0n) is 17.4. The largest absolute Gasteiger partial charge is 0.443 e. The number of hydrogen-bond acceptors (Lipinski definition) is 5. The highest BCUT2D eigenvalue weighted by molar-refractivity contribution is 14.0. The number of nitrogens with one attached hydrogen (secondary N) is 2. The molecule has 0 radical (unpaired) electrons. The first-order chi connectivity index (χ1) is 13.4. The second-order valence-electron chi connectivity index (χ2n) is 7.95. The van der Waals surface area contributed by atoms with Gasteiger partial charge in [0.15, 0.2) is 17.6 Å². The van der Waals surface area contributed by atoms with Crippen LogP contribution in [0.2, 0.25) is 0 Å². The number of aliphatic imine (C=N–C) groups is 1. The van der Waals surface area contributed by atoms with Gasteiger partial charge in [0, 0.05) is 37.3 Å². The quantitative estimate of drug-likeness (QED) is 0.360. The normalized spacial score (nSPS) is 17.2. The van der Waals surface area contributed by atoms with E-state index in [1.165, 1.54) is 6.07 Å². The molecule has 0 aliphatic carbocycles. The molecule has 0 aromatic carbocycles. The number of hydrogen-bond donors (Lipinski definition) is 2. The molecular weight excluding hydrogens is 486 g/mol. The minimum Gasteiger partial charge on any atom is -0.443 e. The first-order valence-corrected chi connectivity index (χ1v) is 9.72. The first kappa shape index (κ1) is 23.4. The number of rotatable bonds is 5. The molecule has 1 unspecified atom stereocenters. The summed E-state index contributed by atoms with van der Waals surface area (Å²) < 4.78 is 19.8. The minimum atomic E-state index is -0.290. The lowest BCUT2D eigenvalue weighted by Gasteiger charge is -2.19. The van der Waals surface area contributed by atoms with Crippen LogP contribution in [0.15, 0.2) is 33.9 Å². The SMILES string of the molecule is CCNC(=NCc1ncc(C(C)(C)C)o1)NC1CCN(c2ncccc2F)C1.I. The molecule has 3 heterocycles. The molecule has 1 aliphatic heterocycles. The maximum atomic E-state index is 14.0. The van der Waals surface area contributed by atoms with E-state index in [0.29, 0.717) is 30.8 Å². The van der Waals surface area contributed by atoms with Gasteiger partial charge in [0.2, 0.25) is 5.89 Å². The summed E-state index contributed by atoms with van der Waals surface area (Å²) in [5.74, 6) is 2.25. The van der Waals surface area contributed by atoms with Crippen molar-refractivity contribution in [2.75, 3.05) is 24.5 Å². The molecule has 0 saturated carbocycles. The molecule has 2 aromatic rings. The van der Waals surface area contributed by atoms with Crippen LogP contribution in [-0.4, -0.2) is 41.6 Å². The Bertz CT molecular complexity index is 819. The van der Waals surface area contributed by atoms with Crippen molar-refractivity contribution in [2.24, 2.45) is 4.99 Å². The van der Waals surface area contributed by atoms with Crippen LogP contribution in [0, 0.1) is 5.82 Å². The summed E-state index contributed by atoms with van der Waals surface area (Å²) in [6.07, 6.45) is 4.27. The Balaban J connectivity index is 0.00000300. The monoisotopic (exact) mass is 516 g/mol. The van der Waals surface area contributed by atoms with Crippen molar-refractivity contribution in [3.63, 3.8) is 0 Å². The fraction of sp³-hybridized carbons (Fsp3) is 0.550. The van der Waals surface area contributed by atoms with Crippen molar-refractivity contribution < 1.29 is 8.81 Å². The lowest BCUT2D eigenvalue weighted by Crippen LogP contribution is -2.44. The van der Waals surface area contributed by atoms with E-state index in [-0.39, 0.29) is 41.3 Å². The second-order valence-corrected chi connectivity index (χ2v) is 7.95. The molecule has 1 saturated heterocycles. The third-order valence-electron chi connectivity index (χ3n) is 4.58. The van der Waals surface area contributed by atoms with Crippen LogP contribution in [0.25, 0.3) is 0 Å². The zero-order valence-corrected chi connectivity index (χ0v) is 19.7. The molecule has 0 amide bonds. The molecule has 0 bridgehead atoms. The van der Waals surface area contributed by atoms with Crippen molar-refractivity contribution in [3.8, 4) is 0 Å². The highest BCUT2D eigenvalue weighted by Crippen LogP contribution is 2.23. The Morgan fingerprint density at radius 1 is 1.38 bits per heavy atom. The minimum absolute atomic E-state index is 0. The number of aromatic nitrogens is 2. The van der Waals surface area contributed by atoms with E-state index in [0.717, 1.165) is 25.3 Å². The van der Waals surface area contributed by atoms with Crippen LogP contribution in [0.5, 0.6) is 0 Å². The van der Waals surface area contributed by atoms with Gasteiger partial charge in [-0.25, -0.2) is 19.4 Å². The molecule has 1 atom stereocenters. The van der Waals surface area contributed by atoms with E-state index in [9.17, 15) is 4.39 Å². The van der Waals surface area contributed by atoms with Gasteiger partial charge < -0.3 is 20.0 Å². The average Bonchev–Trinajstić information content (AvgIpc) is 3.29. The lowest BCUT2D eigenvalue weighted by atomic mass is 9.94. The van der Waals surface area contributed by atoms with Crippen molar-refractivity contribution >= 4 is 35.8 Å². The van der Waals surface area contributed by atoms with Crippen LogP contribution >= 0.6 is 24.0 Å². The molecule has 3 rings (SSSR count). The standard InChI is InChI=1S/C20H29FN6O.HI/c1-5-22-19(25-12-17-24-11-16(28-17)20(2,3)4)26-14-8-10-27(13-14)18-15(21)7-6-9-23-18;/h6-7,9,11,14H,5,8,10,12-13H2,1-4H3,(H2,22,25,26);1H. The van der Waals surface area contributed by atoms with Gasteiger partial charge in [-0.2, -0.15) is 0 Å². The summed E-state index contributed by atoms with van der Waals surface area (Å²) in [6, 6.07) is 3.21. The molecule has 7 nitrogen and oxygen atoms in total. The predicted octanol–water partition coefficient (Wildman–Crippen LogP) is 3.46. The second kappa shape index (κ2) is 10.2. The molecule has 160 valence electrons. The summed E-state index contributed by atoms with van der Waals surface area (Å²) >= 11 is 0. The Labute approximate surface area is 188 Å². The van der Waals surface area contributed by atoms with Gasteiger partial charge in [0.1, 0.15) is 12.3 Å². The molecule has 2 N–H and O–H groups in total. The number of oxazole rings is 1. The third-order valence-corrected chi connectivity index (χ3v) is 4.58. The van der Waals surface area contributed by atoms with Crippen molar-refractivity contribution in [3.05, 3.63) is 42.0 Å². The van der Waals surface area contributed by atoms with Gasteiger partial charge >= 0.3 is 0 Å². The highest BCUT2D eigenvalue weighted by atomic mass is 127. The number of anilines is 1. The average molecular weight is 516 g/mol. The predicted molar refractivity (Wildman–Crippen MR) is 123 cm³/mol. The smallest absolute Gasteiger partial charge is 0.216 e. The van der Waals surface area contributed by atoms with Gasteiger partial charge in [0.25, 0.3) is 0 Å². The molecule has 0 spiro atoms. The Hall–Kier alpha value is -1.91. The fourth-order valence-electron chi connectivity index (χ4n) is 3.07. The summed E-state index contributed by atoms with van der Waals surface area (Å²) in [5.41, 5.74) is -0.0776. The number of guanidine groups is 1. The maximum absolute atomic E-state index is 14.0. The van der Waals surface area contributed by atoms with E-state index >= 15 is 0 Å². The van der Waals surface area contributed by atoms with E-state index < -0.39 is 0 Å². The maximum Gasteiger partial charge on any atom is 0.216 e. The summed E-state index contributed by atoms with van der Waals surface area (Å²) in [5, 5.41) is 6.66. The first-order valence-electron chi connectivity index (χ1n) is 9.72. The third kappa shape index (κ3) is 6.28. The van der Waals surface area contributed by atoms with Crippen molar-refractivity contribution in [2.45, 2.75) is 52.1 Å². The number of nitrogens with zero attached hydrogens (tertiary/aromatic N) is 4. The molecule has 1 aliphatic rings. The lowest BCUT2D eigenvalue weighted by molar-refractivity contribution is 0.383. The van der Waals surface area contributed by atoms with Gasteiger partial charge in [-0.05, 0) is 25.5 Å². The van der Waals surface area contributed by atoms with E-state index in [2.05, 4.69) is 46.4 Å². The molecule has 1 fully saturated rings. The van der Waals surface area contributed by atoms with Crippen molar-refractivity contribution in [1.29, 1.82) is 0 Å². The Morgan fingerprint density at radius 3 is 2.83 bits per heavy atom. The van der Waals surface area contributed by atoms with E-state index in [1.54, 1.807) is 18.5 Å². The van der Waals surface area contributed by atoms with Gasteiger partial charge in [0.05, 0.1) is 6.20 Å². The summed E-state index contributed by atoms with van der Waals surface area (Å²) in [7, 11) is 0. The Kier molecular flexibility index (Phi) is 8.23. The summed E-state index contributed by atoms with van der Waals surface area (Å²) in [6.45, 7) is 10.8. The molecule has 2 aromatic heterocycles. The van der Waals surface area contributed by atoms with Gasteiger partial charge in [-0.1, -0.05) is 20.8 Å². The van der Waals surface area contributed by atoms with E-state index in [1.807, 2.05) is 11.8 Å². The molecule has 9 heteroatoms. The Morgan fingerprint density at radius 2 is 2.17 bits per heavy atom. The molecular formula is C20H30FIN6O. The van der Waals surface area contributed by atoms with Crippen LogP contribution in [0.4, 0.5) is 10.2 Å². The zero-order chi connectivity index (χ0) is 20.1. The number of pyridine rings is 1. The summed E-state index contributed by atoms with van der Waals surface area (Å²) in [4.78, 5) is 15.0. The van der Waals surface area contributed by atoms with Crippen LogP contribution in [0.3, 0.4) is 0 Å². The fourth-order valence-corrected chi connectivity index (χ4v) is 3.07. The highest BCUT2D eigenvalue weighted by Gasteiger charge is 2.26.